The highest BCUT2D eigenvalue weighted by molar-refractivity contribution is 7.14. The van der Waals surface area contributed by atoms with Crippen molar-refractivity contribution in [3.8, 4) is 10.6 Å². The molecule has 0 fully saturated rings. The standard InChI is InChI=1S/C14H15N5O2S2/c1-2-4-19-12(16-17-18-19)7-21-13(20)6-11-9-23-14(15-11)10-3-5-22-8-10/h3,5,8-9H,2,4,6-7H2,1H3. The van der Waals surface area contributed by atoms with Crippen molar-refractivity contribution in [2.45, 2.75) is 32.9 Å². The zero-order valence-electron chi connectivity index (χ0n) is 12.5. The average Bonchev–Trinajstić information content (AvgIpc) is 3.27. The van der Waals surface area contributed by atoms with Crippen molar-refractivity contribution >= 4 is 28.6 Å². The van der Waals surface area contributed by atoms with Crippen molar-refractivity contribution in [2.75, 3.05) is 0 Å². The van der Waals surface area contributed by atoms with E-state index in [4.69, 9.17) is 4.74 Å². The van der Waals surface area contributed by atoms with E-state index in [1.54, 1.807) is 16.0 Å². The van der Waals surface area contributed by atoms with Crippen molar-refractivity contribution in [1.29, 1.82) is 0 Å². The summed E-state index contributed by atoms with van der Waals surface area (Å²) in [4.78, 5) is 16.4. The van der Waals surface area contributed by atoms with Crippen molar-refractivity contribution < 1.29 is 9.53 Å². The van der Waals surface area contributed by atoms with Gasteiger partial charge in [0.2, 0.25) is 0 Å². The Hall–Kier alpha value is -2.13. The summed E-state index contributed by atoms with van der Waals surface area (Å²) in [5.41, 5.74) is 1.80. The Balaban J connectivity index is 1.54. The van der Waals surface area contributed by atoms with E-state index in [0.717, 1.165) is 17.0 Å². The van der Waals surface area contributed by atoms with Gasteiger partial charge in [-0.2, -0.15) is 11.3 Å². The van der Waals surface area contributed by atoms with E-state index in [0.29, 0.717) is 18.1 Å². The summed E-state index contributed by atoms with van der Waals surface area (Å²) in [6.45, 7) is 2.81. The summed E-state index contributed by atoms with van der Waals surface area (Å²) in [5, 5.41) is 18.2. The molecule has 0 saturated heterocycles. The second kappa shape index (κ2) is 7.42. The molecule has 0 N–H and O–H groups in total. The van der Waals surface area contributed by atoms with Crippen LogP contribution in [-0.4, -0.2) is 31.2 Å². The first-order chi connectivity index (χ1) is 11.3. The number of thiophene rings is 1. The van der Waals surface area contributed by atoms with Crippen LogP contribution in [0.25, 0.3) is 10.6 Å². The zero-order chi connectivity index (χ0) is 16.1. The maximum atomic E-state index is 11.9. The lowest BCUT2D eigenvalue weighted by atomic mass is 10.3. The Kier molecular flexibility index (Phi) is 5.09. The highest BCUT2D eigenvalue weighted by atomic mass is 32.1. The highest BCUT2D eigenvalue weighted by Gasteiger charge is 2.12. The summed E-state index contributed by atoms with van der Waals surface area (Å²) < 4.78 is 6.89. The molecular formula is C14H15N5O2S2. The van der Waals surface area contributed by atoms with Crippen LogP contribution in [-0.2, 0) is 29.1 Å². The van der Waals surface area contributed by atoms with Gasteiger partial charge in [0.05, 0.1) is 12.1 Å². The molecule has 3 aromatic rings. The molecule has 9 heteroatoms. The fourth-order valence-corrected chi connectivity index (χ4v) is 3.49. The molecule has 3 rings (SSSR count). The highest BCUT2D eigenvalue weighted by Crippen LogP contribution is 2.25. The van der Waals surface area contributed by atoms with Gasteiger partial charge in [0.25, 0.3) is 0 Å². The average molecular weight is 349 g/mol. The molecule has 0 unspecified atom stereocenters. The van der Waals surface area contributed by atoms with E-state index in [1.165, 1.54) is 11.3 Å². The number of aryl methyl sites for hydroxylation is 1. The largest absolute Gasteiger partial charge is 0.457 e. The van der Waals surface area contributed by atoms with Crippen molar-refractivity contribution in [3.05, 3.63) is 33.7 Å². The van der Waals surface area contributed by atoms with Gasteiger partial charge in [0.15, 0.2) is 12.4 Å². The summed E-state index contributed by atoms with van der Waals surface area (Å²) in [6, 6.07) is 2.01. The van der Waals surface area contributed by atoms with Crippen LogP contribution in [0.2, 0.25) is 0 Å². The van der Waals surface area contributed by atoms with Gasteiger partial charge in [-0.05, 0) is 28.3 Å². The fourth-order valence-electron chi connectivity index (χ4n) is 1.96. The smallest absolute Gasteiger partial charge is 0.312 e. The van der Waals surface area contributed by atoms with Crippen LogP contribution in [0.3, 0.4) is 0 Å². The number of esters is 1. The molecule has 0 spiro atoms. The van der Waals surface area contributed by atoms with Gasteiger partial charge in [0.1, 0.15) is 5.01 Å². The normalized spacial score (nSPS) is 10.8. The van der Waals surface area contributed by atoms with Gasteiger partial charge < -0.3 is 4.74 Å². The van der Waals surface area contributed by atoms with Crippen molar-refractivity contribution in [2.24, 2.45) is 0 Å². The van der Waals surface area contributed by atoms with E-state index in [2.05, 4.69) is 20.5 Å². The maximum absolute atomic E-state index is 11.9. The molecule has 0 amide bonds. The third-order valence-corrected chi connectivity index (χ3v) is 4.67. The van der Waals surface area contributed by atoms with Crippen LogP contribution in [0.4, 0.5) is 0 Å². The Morgan fingerprint density at radius 3 is 3.09 bits per heavy atom. The third kappa shape index (κ3) is 3.99. The van der Waals surface area contributed by atoms with Gasteiger partial charge in [-0.25, -0.2) is 9.67 Å². The molecule has 0 aliphatic carbocycles. The number of hydrogen-bond donors (Lipinski definition) is 0. The molecule has 120 valence electrons. The van der Waals surface area contributed by atoms with Gasteiger partial charge in [-0.3, -0.25) is 4.79 Å². The summed E-state index contributed by atoms with van der Waals surface area (Å²) in [7, 11) is 0. The van der Waals surface area contributed by atoms with E-state index in [9.17, 15) is 4.79 Å². The molecule has 0 bridgehead atoms. The van der Waals surface area contributed by atoms with E-state index >= 15 is 0 Å². The van der Waals surface area contributed by atoms with Crippen LogP contribution in [0.15, 0.2) is 22.2 Å². The minimum absolute atomic E-state index is 0.0767. The molecule has 23 heavy (non-hydrogen) atoms. The minimum atomic E-state index is -0.335. The molecule has 0 aliphatic rings. The molecule has 7 nitrogen and oxygen atoms in total. The van der Waals surface area contributed by atoms with Crippen LogP contribution >= 0.6 is 22.7 Å². The Labute approximate surface area is 140 Å². The Morgan fingerprint density at radius 1 is 1.39 bits per heavy atom. The lowest BCUT2D eigenvalue weighted by molar-refractivity contribution is -0.144. The van der Waals surface area contributed by atoms with Crippen molar-refractivity contribution in [1.82, 2.24) is 25.2 Å². The number of carbonyl (C=O) groups excluding carboxylic acids is 1. The molecule has 0 radical (unpaired) electrons. The second-order valence-corrected chi connectivity index (χ2v) is 6.45. The summed E-state index contributed by atoms with van der Waals surface area (Å²) in [5.74, 6) is 0.218. The number of ether oxygens (including phenoxy) is 1. The summed E-state index contributed by atoms with van der Waals surface area (Å²) >= 11 is 3.15. The molecule has 0 aliphatic heterocycles. The van der Waals surface area contributed by atoms with E-state index in [-0.39, 0.29) is 19.0 Å². The van der Waals surface area contributed by atoms with Crippen LogP contribution in [0.5, 0.6) is 0 Å². The molecule has 0 atom stereocenters. The predicted molar refractivity (Wildman–Crippen MR) is 87.0 cm³/mol. The number of rotatable bonds is 7. The third-order valence-electron chi connectivity index (χ3n) is 3.05. The fraction of sp³-hybridized carbons (Fsp3) is 0.357. The maximum Gasteiger partial charge on any atom is 0.312 e. The summed E-state index contributed by atoms with van der Waals surface area (Å²) in [6.07, 6.45) is 1.06. The van der Waals surface area contributed by atoms with Crippen LogP contribution in [0.1, 0.15) is 24.9 Å². The first-order valence-corrected chi connectivity index (χ1v) is 8.96. The van der Waals surface area contributed by atoms with Gasteiger partial charge >= 0.3 is 5.97 Å². The van der Waals surface area contributed by atoms with Gasteiger partial charge in [-0.15, -0.1) is 16.4 Å². The zero-order valence-corrected chi connectivity index (χ0v) is 14.1. The van der Waals surface area contributed by atoms with Crippen LogP contribution < -0.4 is 0 Å². The number of carbonyl (C=O) groups is 1. The monoisotopic (exact) mass is 349 g/mol. The molecule has 0 saturated carbocycles. The van der Waals surface area contributed by atoms with Crippen molar-refractivity contribution in [3.63, 3.8) is 0 Å². The SMILES string of the molecule is CCCn1nnnc1COC(=O)Cc1csc(-c2ccsc2)n1. The van der Waals surface area contributed by atoms with E-state index < -0.39 is 0 Å². The molecule has 3 heterocycles. The number of hydrogen-bond acceptors (Lipinski definition) is 8. The molecular weight excluding hydrogens is 334 g/mol. The lowest BCUT2D eigenvalue weighted by Gasteiger charge is -2.04. The first-order valence-electron chi connectivity index (χ1n) is 7.14. The second-order valence-electron chi connectivity index (χ2n) is 4.81. The Bertz CT molecular complexity index is 766. The topological polar surface area (TPSA) is 82.8 Å². The number of aromatic nitrogens is 5. The van der Waals surface area contributed by atoms with Crippen LogP contribution in [0, 0.1) is 0 Å². The molecule has 0 aromatic carbocycles. The number of nitrogens with zero attached hydrogens (tertiary/aromatic N) is 5. The Morgan fingerprint density at radius 2 is 2.30 bits per heavy atom. The van der Waals surface area contributed by atoms with Gasteiger partial charge in [0, 0.05) is 22.9 Å². The minimum Gasteiger partial charge on any atom is -0.457 e. The predicted octanol–water partition coefficient (Wildman–Crippen LogP) is 2.55. The number of thiazole rings is 1. The van der Waals surface area contributed by atoms with Gasteiger partial charge in [-0.1, -0.05) is 6.92 Å². The molecule has 3 aromatic heterocycles. The first kappa shape index (κ1) is 15.8. The quantitative estimate of drug-likeness (QED) is 0.610. The number of tetrazole rings is 1. The lowest BCUT2D eigenvalue weighted by Crippen LogP contribution is -2.12. The van der Waals surface area contributed by atoms with E-state index in [1.807, 2.05) is 29.1 Å².